The minimum absolute atomic E-state index is 0.148. The predicted molar refractivity (Wildman–Crippen MR) is 95.6 cm³/mol. The number of benzene rings is 2. The third kappa shape index (κ3) is 6.39. The number of carbonyl (C=O) groups is 1. The van der Waals surface area contributed by atoms with Crippen LogP contribution in [-0.2, 0) is 4.79 Å². The Morgan fingerprint density at radius 3 is 2.48 bits per heavy atom. The number of anilines is 1. The van der Waals surface area contributed by atoms with Crippen LogP contribution < -0.4 is 10.1 Å². The first kappa shape index (κ1) is 16.8. The van der Waals surface area contributed by atoms with Gasteiger partial charge in [-0.3, -0.25) is 4.79 Å². The van der Waals surface area contributed by atoms with Gasteiger partial charge in [0.1, 0.15) is 5.75 Å². The predicted octanol–water partition coefficient (Wildman–Crippen LogP) is 4.91. The molecule has 2 rings (SSSR count). The van der Waals surface area contributed by atoms with Gasteiger partial charge in [0.2, 0.25) is 5.91 Å². The number of carbonyl (C=O) groups excluding carboxylic acids is 1. The Morgan fingerprint density at radius 1 is 1.04 bits per heavy atom. The fourth-order valence-corrected chi connectivity index (χ4v) is 2.10. The number of amides is 1. The Hall–Kier alpha value is -2.55. The largest absolute Gasteiger partial charge is 0.494 e. The lowest BCUT2D eigenvalue weighted by Crippen LogP contribution is -2.07. The number of hydrogen-bond acceptors (Lipinski definition) is 2. The van der Waals surface area contributed by atoms with Gasteiger partial charge in [0.25, 0.3) is 0 Å². The molecule has 3 nitrogen and oxygen atoms in total. The van der Waals surface area contributed by atoms with Crippen molar-refractivity contribution in [2.75, 3.05) is 11.9 Å². The molecule has 0 aromatic heterocycles. The number of rotatable bonds is 8. The molecule has 0 atom stereocenters. The Balaban J connectivity index is 1.81. The summed E-state index contributed by atoms with van der Waals surface area (Å²) in [6.45, 7) is 2.91. The molecule has 0 heterocycles. The van der Waals surface area contributed by atoms with Gasteiger partial charge in [-0.1, -0.05) is 50.1 Å². The highest BCUT2D eigenvalue weighted by Crippen LogP contribution is 2.16. The van der Waals surface area contributed by atoms with Gasteiger partial charge in [0.05, 0.1) is 6.61 Å². The molecule has 0 aliphatic heterocycles. The van der Waals surface area contributed by atoms with Gasteiger partial charge in [-0.2, -0.15) is 0 Å². The van der Waals surface area contributed by atoms with E-state index >= 15 is 0 Å². The maximum absolute atomic E-state index is 11.9. The molecule has 0 fully saturated rings. The molecule has 0 saturated carbocycles. The average Bonchev–Trinajstić information content (AvgIpc) is 2.59. The van der Waals surface area contributed by atoms with E-state index in [-0.39, 0.29) is 5.91 Å². The zero-order chi connectivity index (χ0) is 16.3. The summed E-state index contributed by atoms with van der Waals surface area (Å²) in [7, 11) is 0. The molecule has 0 radical (unpaired) electrons. The van der Waals surface area contributed by atoms with Crippen molar-refractivity contribution in [3.05, 3.63) is 66.2 Å². The standard InChI is InChI=1S/C20H23NO2/c1-2-3-7-16-23-19-13-11-18(12-14-19)21-20(22)15-10-17-8-5-4-6-9-17/h4-6,8-15H,2-3,7,16H2,1H3,(H,21,22)/b15-10+. The van der Waals surface area contributed by atoms with Crippen LogP contribution in [0.4, 0.5) is 5.69 Å². The van der Waals surface area contributed by atoms with Crippen LogP contribution in [0.2, 0.25) is 0 Å². The van der Waals surface area contributed by atoms with E-state index in [1.165, 1.54) is 18.9 Å². The summed E-state index contributed by atoms with van der Waals surface area (Å²) < 4.78 is 5.65. The molecule has 2 aromatic carbocycles. The van der Waals surface area contributed by atoms with E-state index in [0.717, 1.165) is 30.0 Å². The van der Waals surface area contributed by atoms with E-state index < -0.39 is 0 Å². The van der Waals surface area contributed by atoms with Gasteiger partial charge in [0.15, 0.2) is 0 Å². The number of unbranched alkanes of at least 4 members (excludes halogenated alkanes) is 2. The maximum atomic E-state index is 11.9. The Bertz CT molecular complexity index is 618. The summed E-state index contributed by atoms with van der Waals surface area (Å²) in [6.07, 6.45) is 6.76. The lowest BCUT2D eigenvalue weighted by Gasteiger charge is -2.07. The summed E-state index contributed by atoms with van der Waals surface area (Å²) in [5.41, 5.74) is 1.76. The summed E-state index contributed by atoms with van der Waals surface area (Å²) in [4.78, 5) is 11.9. The van der Waals surface area contributed by atoms with Crippen molar-refractivity contribution in [1.82, 2.24) is 0 Å². The summed E-state index contributed by atoms with van der Waals surface area (Å²) >= 11 is 0. The van der Waals surface area contributed by atoms with Gasteiger partial charge < -0.3 is 10.1 Å². The molecule has 0 unspecified atom stereocenters. The summed E-state index contributed by atoms with van der Waals surface area (Å²) in [5.74, 6) is 0.685. The molecule has 0 spiro atoms. The van der Waals surface area contributed by atoms with Crippen LogP contribution in [0.5, 0.6) is 5.75 Å². The molecule has 0 aliphatic rings. The van der Waals surface area contributed by atoms with Crippen molar-refractivity contribution in [3.63, 3.8) is 0 Å². The van der Waals surface area contributed by atoms with E-state index in [1.807, 2.05) is 54.6 Å². The second kappa shape index (κ2) is 9.46. The van der Waals surface area contributed by atoms with Crippen LogP contribution in [-0.4, -0.2) is 12.5 Å². The van der Waals surface area contributed by atoms with Crippen molar-refractivity contribution in [2.24, 2.45) is 0 Å². The van der Waals surface area contributed by atoms with Gasteiger partial charge in [0, 0.05) is 11.8 Å². The van der Waals surface area contributed by atoms with Crippen molar-refractivity contribution in [3.8, 4) is 5.75 Å². The Labute approximate surface area is 138 Å². The average molecular weight is 309 g/mol. The normalized spacial score (nSPS) is 10.7. The van der Waals surface area contributed by atoms with Crippen LogP contribution in [0.1, 0.15) is 31.7 Å². The van der Waals surface area contributed by atoms with Crippen molar-refractivity contribution in [2.45, 2.75) is 26.2 Å². The lowest BCUT2D eigenvalue weighted by molar-refractivity contribution is -0.111. The fraction of sp³-hybridized carbons (Fsp3) is 0.250. The van der Waals surface area contributed by atoms with Crippen molar-refractivity contribution in [1.29, 1.82) is 0 Å². The molecule has 1 amide bonds. The molecule has 0 aliphatic carbocycles. The van der Waals surface area contributed by atoms with Crippen molar-refractivity contribution >= 4 is 17.7 Å². The van der Waals surface area contributed by atoms with Gasteiger partial charge in [-0.15, -0.1) is 0 Å². The minimum atomic E-state index is -0.148. The third-order valence-electron chi connectivity index (χ3n) is 3.37. The maximum Gasteiger partial charge on any atom is 0.248 e. The monoisotopic (exact) mass is 309 g/mol. The third-order valence-corrected chi connectivity index (χ3v) is 3.37. The zero-order valence-electron chi connectivity index (χ0n) is 13.5. The first-order valence-electron chi connectivity index (χ1n) is 8.05. The van der Waals surface area contributed by atoms with Gasteiger partial charge in [-0.05, 0) is 42.3 Å². The van der Waals surface area contributed by atoms with Crippen LogP contribution in [0.15, 0.2) is 60.7 Å². The minimum Gasteiger partial charge on any atom is -0.494 e. The molecule has 2 aromatic rings. The van der Waals surface area contributed by atoms with E-state index in [9.17, 15) is 4.79 Å². The molecule has 3 heteroatoms. The van der Waals surface area contributed by atoms with E-state index in [4.69, 9.17) is 4.74 Å². The Kier molecular flexibility index (Phi) is 6.92. The smallest absolute Gasteiger partial charge is 0.248 e. The molecule has 0 bridgehead atoms. The topological polar surface area (TPSA) is 38.3 Å². The van der Waals surface area contributed by atoms with E-state index in [0.29, 0.717) is 0 Å². The second-order valence-corrected chi connectivity index (χ2v) is 5.31. The number of nitrogens with one attached hydrogen (secondary N) is 1. The fourth-order valence-electron chi connectivity index (χ4n) is 2.10. The highest BCUT2D eigenvalue weighted by molar-refractivity contribution is 6.01. The van der Waals surface area contributed by atoms with E-state index in [2.05, 4.69) is 12.2 Å². The highest BCUT2D eigenvalue weighted by atomic mass is 16.5. The zero-order valence-corrected chi connectivity index (χ0v) is 13.5. The van der Waals surface area contributed by atoms with Crippen LogP contribution in [0.3, 0.4) is 0 Å². The lowest BCUT2D eigenvalue weighted by atomic mass is 10.2. The van der Waals surface area contributed by atoms with Crippen molar-refractivity contribution < 1.29 is 9.53 Å². The summed E-state index contributed by atoms with van der Waals surface area (Å²) in [5, 5.41) is 2.83. The summed E-state index contributed by atoms with van der Waals surface area (Å²) in [6, 6.07) is 17.2. The molecular formula is C20H23NO2. The highest BCUT2D eigenvalue weighted by Gasteiger charge is 1.99. The first-order valence-corrected chi connectivity index (χ1v) is 8.05. The molecule has 120 valence electrons. The number of hydrogen-bond donors (Lipinski definition) is 1. The van der Waals surface area contributed by atoms with Crippen LogP contribution >= 0.6 is 0 Å². The first-order chi connectivity index (χ1) is 11.3. The van der Waals surface area contributed by atoms with Crippen LogP contribution in [0, 0.1) is 0 Å². The molecule has 1 N–H and O–H groups in total. The second-order valence-electron chi connectivity index (χ2n) is 5.31. The molecule has 23 heavy (non-hydrogen) atoms. The van der Waals surface area contributed by atoms with Gasteiger partial charge >= 0.3 is 0 Å². The van der Waals surface area contributed by atoms with Gasteiger partial charge in [-0.25, -0.2) is 0 Å². The quantitative estimate of drug-likeness (QED) is 0.556. The SMILES string of the molecule is CCCCCOc1ccc(NC(=O)/C=C/c2ccccc2)cc1. The van der Waals surface area contributed by atoms with E-state index in [1.54, 1.807) is 6.08 Å². The Morgan fingerprint density at radius 2 is 1.78 bits per heavy atom. The number of ether oxygens (including phenoxy) is 1. The van der Waals surface area contributed by atoms with Crippen LogP contribution in [0.25, 0.3) is 6.08 Å². The molecular weight excluding hydrogens is 286 g/mol. The molecule has 0 saturated heterocycles.